The molecule has 158 valence electrons. The summed E-state index contributed by atoms with van der Waals surface area (Å²) in [6.45, 7) is 4.00. The first-order valence-electron chi connectivity index (χ1n) is 9.06. The maximum Gasteiger partial charge on any atom is 0.305 e. The number of rotatable bonds is 11. The minimum Gasteiger partial charge on any atom is -0.395 e. The third-order valence-corrected chi connectivity index (χ3v) is 4.57. The highest BCUT2D eigenvalue weighted by Gasteiger charge is 2.28. The number of benzene rings is 1. The van der Waals surface area contributed by atoms with Crippen LogP contribution >= 0.6 is 0 Å². The molecule has 0 amide bonds. The van der Waals surface area contributed by atoms with E-state index in [1.54, 1.807) is 24.5 Å². The molecule has 0 bridgehead atoms. The highest BCUT2D eigenvalue weighted by molar-refractivity contribution is 5.84. The van der Waals surface area contributed by atoms with E-state index in [-0.39, 0.29) is 19.8 Å². The first-order chi connectivity index (χ1) is 13.7. The molecule has 2 aromatic rings. The van der Waals surface area contributed by atoms with Crippen LogP contribution in [0.4, 0.5) is 10.1 Å². The first-order valence-corrected chi connectivity index (χ1v) is 9.06. The Hall–Kier alpha value is -2.72. The average Bonchev–Trinajstić information content (AvgIpc) is 3.02. The third-order valence-electron chi connectivity index (χ3n) is 4.57. The van der Waals surface area contributed by atoms with Crippen molar-refractivity contribution < 1.29 is 24.3 Å². The summed E-state index contributed by atoms with van der Waals surface area (Å²) in [5.74, 6) is -0.973. The number of aromatic nitrogens is 1. The van der Waals surface area contributed by atoms with Crippen LogP contribution in [0.1, 0.15) is 26.0 Å². The second-order valence-corrected chi connectivity index (χ2v) is 7.34. The summed E-state index contributed by atoms with van der Waals surface area (Å²) in [7, 11) is 0. The summed E-state index contributed by atoms with van der Waals surface area (Å²) in [5, 5.41) is 35.0. The van der Waals surface area contributed by atoms with Crippen molar-refractivity contribution in [3.05, 3.63) is 50.3 Å². The molecule has 0 radical (unpaired) electrons. The topological polar surface area (TPSA) is 147 Å². The number of hydrogen-bond donors (Lipinski definition) is 2. The van der Waals surface area contributed by atoms with Gasteiger partial charge in [-0.2, -0.15) is 4.39 Å². The van der Waals surface area contributed by atoms with Gasteiger partial charge < -0.3 is 19.5 Å². The number of nitro groups is 1. The molecule has 0 saturated carbocycles. The van der Waals surface area contributed by atoms with Gasteiger partial charge in [0.1, 0.15) is 0 Å². The lowest BCUT2D eigenvalue weighted by Crippen LogP contribution is -2.29. The lowest BCUT2D eigenvalue weighted by Gasteiger charge is -2.26. The number of fused-ring (bicyclic) bond motifs is 1. The van der Waals surface area contributed by atoms with Gasteiger partial charge in [-0.3, -0.25) is 10.1 Å². The van der Waals surface area contributed by atoms with Gasteiger partial charge in [0.05, 0.1) is 36.3 Å². The molecule has 0 unspecified atom stereocenters. The second-order valence-electron chi connectivity index (χ2n) is 7.34. The predicted molar refractivity (Wildman–Crippen MR) is 104 cm³/mol. The summed E-state index contributed by atoms with van der Waals surface area (Å²) in [6.07, 6.45) is -0.419. The largest absolute Gasteiger partial charge is 0.395 e. The molecular weight excluding hydrogens is 385 g/mol. The maximum absolute atomic E-state index is 14.2. The van der Waals surface area contributed by atoms with Gasteiger partial charge in [-0.25, -0.2) is 0 Å². The molecule has 0 spiro atoms. The SMILES string of the molecule is CC(C)(CO)c1cc2cc([N+](=O)[O-])c(F)cc2n1C[C@H](O)COCCCN=[N+]=[N-]. The van der Waals surface area contributed by atoms with Crippen LogP contribution in [0.3, 0.4) is 0 Å². The van der Waals surface area contributed by atoms with Crippen LogP contribution in [-0.4, -0.2) is 52.2 Å². The van der Waals surface area contributed by atoms with E-state index in [1.165, 1.54) is 0 Å². The Kier molecular flexibility index (Phi) is 7.52. The van der Waals surface area contributed by atoms with Crippen molar-refractivity contribution in [2.24, 2.45) is 5.11 Å². The Bertz CT molecular complexity index is 923. The van der Waals surface area contributed by atoms with Crippen molar-refractivity contribution in [2.45, 2.75) is 38.3 Å². The number of hydrogen-bond acceptors (Lipinski definition) is 6. The van der Waals surface area contributed by atoms with Gasteiger partial charge >= 0.3 is 5.69 Å². The maximum atomic E-state index is 14.2. The number of ether oxygens (including phenoxy) is 1. The number of aliphatic hydroxyl groups is 2. The first kappa shape index (κ1) is 22.6. The van der Waals surface area contributed by atoms with Gasteiger partial charge in [0.2, 0.25) is 5.82 Å². The Balaban J connectivity index is 2.29. The van der Waals surface area contributed by atoms with Crippen LogP contribution in [-0.2, 0) is 16.7 Å². The summed E-state index contributed by atoms with van der Waals surface area (Å²) >= 11 is 0. The van der Waals surface area contributed by atoms with E-state index < -0.39 is 27.9 Å². The molecule has 0 aliphatic heterocycles. The van der Waals surface area contributed by atoms with E-state index in [4.69, 9.17) is 10.3 Å². The Morgan fingerprint density at radius 3 is 2.79 bits per heavy atom. The van der Waals surface area contributed by atoms with Gasteiger partial charge in [0, 0.05) is 46.7 Å². The van der Waals surface area contributed by atoms with Crippen molar-refractivity contribution in [1.29, 1.82) is 0 Å². The smallest absolute Gasteiger partial charge is 0.305 e. The quantitative estimate of drug-likeness (QED) is 0.146. The van der Waals surface area contributed by atoms with Crippen LogP contribution in [0, 0.1) is 15.9 Å². The molecule has 11 heteroatoms. The zero-order valence-corrected chi connectivity index (χ0v) is 16.3. The number of halogens is 1. The molecule has 0 aliphatic rings. The van der Waals surface area contributed by atoms with Crippen molar-refractivity contribution >= 4 is 16.6 Å². The zero-order chi connectivity index (χ0) is 21.6. The summed E-state index contributed by atoms with van der Waals surface area (Å²) < 4.78 is 21.2. The lowest BCUT2D eigenvalue weighted by atomic mass is 9.90. The van der Waals surface area contributed by atoms with Gasteiger partial charge in [0.25, 0.3) is 0 Å². The molecule has 0 fully saturated rings. The van der Waals surface area contributed by atoms with Gasteiger partial charge in [-0.1, -0.05) is 19.0 Å². The Morgan fingerprint density at radius 2 is 2.17 bits per heavy atom. The molecule has 0 saturated heterocycles. The molecule has 0 aliphatic carbocycles. The van der Waals surface area contributed by atoms with E-state index >= 15 is 0 Å². The number of azide groups is 1. The third kappa shape index (κ3) is 5.42. The summed E-state index contributed by atoms with van der Waals surface area (Å²) in [6, 6.07) is 3.88. The van der Waals surface area contributed by atoms with E-state index in [9.17, 15) is 24.7 Å². The predicted octanol–water partition coefficient (Wildman–Crippen LogP) is 3.04. The van der Waals surface area contributed by atoms with Crippen LogP contribution in [0.2, 0.25) is 0 Å². The lowest BCUT2D eigenvalue weighted by molar-refractivity contribution is -0.387. The number of aliphatic hydroxyl groups excluding tert-OH is 2. The highest BCUT2D eigenvalue weighted by atomic mass is 19.1. The van der Waals surface area contributed by atoms with Crippen molar-refractivity contribution in [3.8, 4) is 0 Å². The average molecular weight is 409 g/mol. The molecule has 1 aromatic carbocycles. The van der Waals surface area contributed by atoms with E-state index in [0.717, 1.165) is 12.1 Å². The van der Waals surface area contributed by atoms with Crippen LogP contribution < -0.4 is 0 Å². The van der Waals surface area contributed by atoms with Gasteiger partial charge in [-0.15, -0.1) is 0 Å². The monoisotopic (exact) mass is 409 g/mol. The zero-order valence-electron chi connectivity index (χ0n) is 16.3. The van der Waals surface area contributed by atoms with Crippen molar-refractivity contribution in [1.82, 2.24) is 4.57 Å². The molecule has 1 aromatic heterocycles. The molecule has 1 heterocycles. The molecule has 1 atom stereocenters. The molecule has 2 N–H and O–H groups in total. The number of nitrogens with zero attached hydrogens (tertiary/aromatic N) is 5. The normalized spacial score (nSPS) is 12.7. The van der Waals surface area contributed by atoms with E-state index in [1.807, 2.05) is 0 Å². The van der Waals surface area contributed by atoms with Gasteiger partial charge in [0.15, 0.2) is 0 Å². The molecule has 2 rings (SSSR count). The molecule has 10 nitrogen and oxygen atoms in total. The van der Waals surface area contributed by atoms with Crippen molar-refractivity contribution in [2.75, 3.05) is 26.4 Å². The summed E-state index contributed by atoms with van der Waals surface area (Å²) in [4.78, 5) is 12.9. The standard InChI is InChI=1S/C18H24FN5O5/c1-18(2,11-25)17-7-12-6-16(24(27)28)14(19)8-15(12)23(17)9-13(26)10-29-5-3-4-21-22-20/h6-8,13,25-26H,3-5,9-11H2,1-2H3/t13-/m0/s1. The van der Waals surface area contributed by atoms with E-state index in [0.29, 0.717) is 36.2 Å². The Labute approximate surface area is 166 Å². The van der Waals surface area contributed by atoms with Crippen LogP contribution in [0.25, 0.3) is 21.3 Å². The fourth-order valence-corrected chi connectivity index (χ4v) is 3.02. The van der Waals surface area contributed by atoms with Gasteiger partial charge in [-0.05, 0) is 18.0 Å². The van der Waals surface area contributed by atoms with Crippen LogP contribution in [0.15, 0.2) is 23.3 Å². The molecule has 29 heavy (non-hydrogen) atoms. The molecular formula is C18H24FN5O5. The van der Waals surface area contributed by atoms with Crippen molar-refractivity contribution in [3.63, 3.8) is 0 Å². The van der Waals surface area contributed by atoms with Crippen LogP contribution in [0.5, 0.6) is 0 Å². The Morgan fingerprint density at radius 1 is 1.45 bits per heavy atom. The number of nitro benzene ring substituents is 1. The minimum absolute atomic E-state index is 0.00436. The highest BCUT2D eigenvalue weighted by Crippen LogP contribution is 2.33. The summed E-state index contributed by atoms with van der Waals surface area (Å²) in [5.41, 5.74) is 7.85. The van der Waals surface area contributed by atoms with E-state index in [2.05, 4.69) is 10.0 Å². The fourth-order valence-electron chi connectivity index (χ4n) is 3.02. The fraction of sp³-hybridized carbons (Fsp3) is 0.556. The second kappa shape index (κ2) is 9.66. The minimum atomic E-state index is -0.973.